The van der Waals surface area contributed by atoms with Crippen molar-refractivity contribution in [3.05, 3.63) is 78.1 Å². The normalized spacial score (nSPS) is 11.3. The first-order valence-corrected chi connectivity index (χ1v) is 11.7. The van der Waals surface area contributed by atoms with E-state index in [2.05, 4.69) is 10.3 Å². The van der Waals surface area contributed by atoms with Crippen LogP contribution in [0.2, 0.25) is 0 Å². The van der Waals surface area contributed by atoms with Crippen molar-refractivity contribution < 1.29 is 17.6 Å². The van der Waals surface area contributed by atoms with Crippen molar-refractivity contribution in [2.24, 2.45) is 0 Å². The van der Waals surface area contributed by atoms with Gasteiger partial charge in [0, 0.05) is 37.6 Å². The summed E-state index contributed by atoms with van der Waals surface area (Å²) in [5.74, 6) is 0.0720. The zero-order valence-corrected chi connectivity index (χ0v) is 18.3. The molecule has 0 spiro atoms. The van der Waals surface area contributed by atoms with Gasteiger partial charge < -0.3 is 9.88 Å². The topological polar surface area (TPSA) is 84.3 Å². The average Bonchev–Trinajstić information content (AvgIpc) is 3.16. The molecule has 31 heavy (non-hydrogen) atoms. The van der Waals surface area contributed by atoms with Gasteiger partial charge in [0.25, 0.3) is 0 Å². The molecule has 7 nitrogen and oxygen atoms in total. The minimum Gasteiger partial charge on any atom is -0.352 e. The largest absolute Gasteiger partial charge is 0.352 e. The van der Waals surface area contributed by atoms with Crippen molar-refractivity contribution in [1.29, 1.82) is 0 Å². The van der Waals surface area contributed by atoms with E-state index < -0.39 is 15.8 Å². The number of sulfonamides is 1. The highest BCUT2D eigenvalue weighted by molar-refractivity contribution is 7.92. The first kappa shape index (κ1) is 22.5. The van der Waals surface area contributed by atoms with Crippen LogP contribution in [0.3, 0.4) is 0 Å². The van der Waals surface area contributed by atoms with E-state index in [1.807, 2.05) is 42.0 Å². The number of anilines is 1. The van der Waals surface area contributed by atoms with Crippen LogP contribution >= 0.6 is 0 Å². The highest BCUT2D eigenvalue weighted by Crippen LogP contribution is 2.21. The molecule has 0 bridgehead atoms. The van der Waals surface area contributed by atoms with Gasteiger partial charge in [-0.1, -0.05) is 24.3 Å². The third-order valence-electron chi connectivity index (χ3n) is 4.82. The van der Waals surface area contributed by atoms with E-state index in [1.54, 1.807) is 12.3 Å². The Labute approximate surface area is 181 Å². The number of imidazole rings is 1. The fraction of sp³-hybridized carbons (Fsp3) is 0.273. The number of benzene rings is 2. The molecule has 0 fully saturated rings. The Balaban J connectivity index is 1.51. The molecular weight excluding hydrogens is 419 g/mol. The van der Waals surface area contributed by atoms with Gasteiger partial charge in [-0.15, -0.1) is 0 Å². The van der Waals surface area contributed by atoms with Crippen LogP contribution in [0, 0.1) is 12.7 Å². The predicted octanol–water partition coefficient (Wildman–Crippen LogP) is 3.18. The van der Waals surface area contributed by atoms with Gasteiger partial charge in [-0.2, -0.15) is 0 Å². The summed E-state index contributed by atoms with van der Waals surface area (Å²) in [6.45, 7) is 2.31. The van der Waals surface area contributed by atoms with Gasteiger partial charge in [0.05, 0.1) is 11.9 Å². The lowest BCUT2D eigenvalue weighted by atomic mass is 10.2. The molecule has 1 N–H and O–H groups in total. The smallest absolute Gasteiger partial charge is 0.232 e. The maximum atomic E-state index is 14.0. The molecule has 1 amide bonds. The van der Waals surface area contributed by atoms with Crippen LogP contribution in [0.1, 0.15) is 24.2 Å². The maximum Gasteiger partial charge on any atom is 0.232 e. The number of amides is 1. The van der Waals surface area contributed by atoms with Crippen molar-refractivity contribution in [3.63, 3.8) is 0 Å². The van der Waals surface area contributed by atoms with E-state index in [9.17, 15) is 17.6 Å². The Bertz CT molecular complexity index is 1140. The highest BCUT2D eigenvalue weighted by atomic mass is 32.2. The van der Waals surface area contributed by atoms with Crippen LogP contribution in [0.15, 0.2) is 60.9 Å². The van der Waals surface area contributed by atoms with Crippen molar-refractivity contribution in [1.82, 2.24) is 14.9 Å². The molecule has 0 aliphatic rings. The minimum absolute atomic E-state index is 0.0152. The quantitative estimate of drug-likeness (QED) is 0.549. The SMILES string of the molecule is Cc1nccn1-c1ccc(CNC(=O)CCCN(c2ccccc2F)S(C)(=O)=O)cc1. The Morgan fingerprint density at radius 1 is 1.16 bits per heavy atom. The van der Waals surface area contributed by atoms with Gasteiger partial charge in [0.1, 0.15) is 11.6 Å². The Hall–Kier alpha value is -3.20. The third-order valence-corrected chi connectivity index (χ3v) is 6.00. The van der Waals surface area contributed by atoms with E-state index in [4.69, 9.17) is 0 Å². The van der Waals surface area contributed by atoms with E-state index in [1.165, 1.54) is 18.2 Å². The molecule has 0 unspecified atom stereocenters. The molecule has 9 heteroatoms. The molecule has 0 saturated heterocycles. The number of carbonyl (C=O) groups is 1. The van der Waals surface area contributed by atoms with E-state index >= 15 is 0 Å². The summed E-state index contributed by atoms with van der Waals surface area (Å²) in [4.78, 5) is 16.4. The van der Waals surface area contributed by atoms with Gasteiger partial charge >= 0.3 is 0 Å². The molecule has 0 saturated carbocycles. The standard InChI is InChI=1S/C22H25FN4O3S/c1-17-24-13-15-26(17)19-11-9-18(10-12-19)16-25-22(28)8-5-14-27(31(2,29)30)21-7-4-3-6-20(21)23/h3-4,6-7,9-13,15H,5,8,14,16H2,1-2H3,(H,25,28). The molecular formula is C22H25FN4O3S. The fourth-order valence-corrected chi connectivity index (χ4v) is 4.18. The van der Waals surface area contributed by atoms with E-state index in [-0.39, 0.29) is 31.0 Å². The lowest BCUT2D eigenvalue weighted by Crippen LogP contribution is -2.32. The molecule has 1 aromatic heterocycles. The van der Waals surface area contributed by atoms with Crippen LogP contribution in [0.4, 0.5) is 10.1 Å². The van der Waals surface area contributed by atoms with Crippen molar-refractivity contribution >= 4 is 21.6 Å². The zero-order valence-electron chi connectivity index (χ0n) is 17.5. The first-order chi connectivity index (χ1) is 14.8. The van der Waals surface area contributed by atoms with Gasteiger partial charge in [0.2, 0.25) is 15.9 Å². The van der Waals surface area contributed by atoms with Crippen LogP contribution in [-0.2, 0) is 21.4 Å². The summed E-state index contributed by atoms with van der Waals surface area (Å²) in [7, 11) is -3.66. The van der Waals surface area contributed by atoms with Crippen LogP contribution in [0.25, 0.3) is 5.69 Å². The number of carbonyl (C=O) groups excluding carboxylic acids is 1. The fourth-order valence-electron chi connectivity index (χ4n) is 3.22. The monoisotopic (exact) mass is 444 g/mol. The summed E-state index contributed by atoms with van der Waals surface area (Å²) < 4.78 is 41.1. The van der Waals surface area contributed by atoms with Crippen molar-refractivity contribution in [2.45, 2.75) is 26.3 Å². The van der Waals surface area contributed by atoms with Gasteiger partial charge in [0.15, 0.2) is 0 Å². The highest BCUT2D eigenvalue weighted by Gasteiger charge is 2.20. The Kier molecular flexibility index (Phi) is 7.06. The molecule has 164 valence electrons. The molecule has 3 rings (SSSR count). The van der Waals surface area contributed by atoms with Crippen molar-refractivity contribution in [3.8, 4) is 5.69 Å². The number of hydrogen-bond donors (Lipinski definition) is 1. The predicted molar refractivity (Wildman–Crippen MR) is 118 cm³/mol. The second-order valence-corrected chi connectivity index (χ2v) is 9.08. The lowest BCUT2D eigenvalue weighted by molar-refractivity contribution is -0.121. The second kappa shape index (κ2) is 9.74. The molecule has 0 aliphatic heterocycles. The van der Waals surface area contributed by atoms with Crippen molar-refractivity contribution in [2.75, 3.05) is 17.1 Å². The Morgan fingerprint density at radius 2 is 1.87 bits per heavy atom. The number of rotatable bonds is 9. The first-order valence-electron chi connectivity index (χ1n) is 9.84. The summed E-state index contributed by atoms with van der Waals surface area (Å²) >= 11 is 0. The summed E-state index contributed by atoms with van der Waals surface area (Å²) in [6.07, 6.45) is 5.04. The van der Waals surface area contributed by atoms with Gasteiger partial charge in [-0.25, -0.2) is 17.8 Å². The number of para-hydroxylation sites is 1. The summed E-state index contributed by atoms with van der Waals surface area (Å²) in [5, 5.41) is 2.83. The van der Waals surface area contributed by atoms with Gasteiger partial charge in [-0.3, -0.25) is 9.10 Å². The minimum atomic E-state index is -3.66. The molecule has 0 aliphatic carbocycles. The zero-order chi connectivity index (χ0) is 22.4. The lowest BCUT2D eigenvalue weighted by Gasteiger charge is -2.22. The third kappa shape index (κ3) is 5.91. The van der Waals surface area contributed by atoms with Crippen LogP contribution < -0.4 is 9.62 Å². The average molecular weight is 445 g/mol. The number of nitrogens with zero attached hydrogens (tertiary/aromatic N) is 3. The summed E-state index contributed by atoms with van der Waals surface area (Å²) in [6, 6.07) is 13.4. The maximum absolute atomic E-state index is 14.0. The van der Waals surface area contributed by atoms with Crippen LogP contribution in [0.5, 0.6) is 0 Å². The van der Waals surface area contributed by atoms with Gasteiger partial charge in [-0.05, 0) is 43.2 Å². The van der Waals surface area contributed by atoms with E-state index in [0.717, 1.165) is 27.6 Å². The molecule has 0 radical (unpaired) electrons. The Morgan fingerprint density at radius 3 is 2.48 bits per heavy atom. The molecule has 2 aromatic carbocycles. The number of hydrogen-bond acceptors (Lipinski definition) is 4. The number of nitrogens with one attached hydrogen (secondary N) is 1. The number of aromatic nitrogens is 2. The number of halogens is 1. The summed E-state index contributed by atoms with van der Waals surface area (Å²) in [5.41, 5.74) is 1.91. The van der Waals surface area contributed by atoms with Crippen LogP contribution in [-0.4, -0.2) is 36.7 Å². The second-order valence-electron chi connectivity index (χ2n) is 7.18. The number of aryl methyl sites for hydroxylation is 1. The molecule has 1 heterocycles. The van der Waals surface area contributed by atoms with E-state index in [0.29, 0.717) is 6.54 Å². The molecule has 0 atom stereocenters. The molecule has 3 aromatic rings.